The SMILES string of the molecule is COc1ccc2c3c([nH]c2c1)[C@@H](CO)N(Cc1cc(F)ccc1F)CC31CCN(C(C)=O)CC1. The van der Waals surface area contributed by atoms with Crippen molar-refractivity contribution in [1.29, 1.82) is 0 Å². The van der Waals surface area contributed by atoms with Crippen molar-refractivity contribution in [1.82, 2.24) is 14.8 Å². The number of halogens is 2. The molecule has 1 aromatic heterocycles. The van der Waals surface area contributed by atoms with Crippen LogP contribution < -0.4 is 4.74 Å². The summed E-state index contributed by atoms with van der Waals surface area (Å²) in [7, 11) is 1.62. The van der Waals surface area contributed by atoms with Crippen molar-refractivity contribution in [3.05, 3.63) is 64.9 Å². The molecule has 1 fully saturated rings. The number of H-pyrrole nitrogens is 1. The lowest BCUT2D eigenvalue weighted by atomic mass is 9.68. The first kappa shape index (κ1) is 22.8. The maximum Gasteiger partial charge on any atom is 0.219 e. The minimum atomic E-state index is -0.489. The fourth-order valence-electron chi connectivity index (χ4n) is 5.82. The van der Waals surface area contributed by atoms with Crippen molar-refractivity contribution < 1.29 is 23.4 Å². The van der Waals surface area contributed by atoms with Gasteiger partial charge in [-0.25, -0.2) is 8.78 Å². The number of amides is 1. The topological polar surface area (TPSA) is 68.8 Å². The van der Waals surface area contributed by atoms with Crippen LogP contribution in [0.1, 0.15) is 42.6 Å². The molecule has 1 spiro atoms. The van der Waals surface area contributed by atoms with Crippen LogP contribution in [0.4, 0.5) is 8.78 Å². The highest BCUT2D eigenvalue weighted by Crippen LogP contribution is 2.49. The van der Waals surface area contributed by atoms with Gasteiger partial charge < -0.3 is 19.7 Å². The Morgan fingerprint density at radius 2 is 1.97 bits per heavy atom. The number of carbonyl (C=O) groups is 1. The lowest BCUT2D eigenvalue weighted by Gasteiger charge is -2.50. The van der Waals surface area contributed by atoms with Crippen molar-refractivity contribution >= 4 is 16.8 Å². The third kappa shape index (κ3) is 3.75. The molecule has 0 saturated carbocycles. The highest BCUT2D eigenvalue weighted by Gasteiger charge is 2.47. The number of likely N-dealkylation sites (tertiary alicyclic amines) is 1. The Morgan fingerprint density at radius 1 is 1.21 bits per heavy atom. The van der Waals surface area contributed by atoms with Gasteiger partial charge in [-0.05, 0) is 48.7 Å². The van der Waals surface area contributed by atoms with Crippen LogP contribution in [0.2, 0.25) is 0 Å². The summed E-state index contributed by atoms with van der Waals surface area (Å²) in [5.74, 6) is -0.171. The molecule has 2 aromatic carbocycles. The van der Waals surface area contributed by atoms with E-state index in [1.54, 1.807) is 14.0 Å². The van der Waals surface area contributed by atoms with E-state index in [1.165, 1.54) is 6.07 Å². The molecule has 1 saturated heterocycles. The van der Waals surface area contributed by atoms with Crippen molar-refractivity contribution in [2.45, 2.75) is 37.8 Å². The normalized spacial score (nSPS) is 20.0. The van der Waals surface area contributed by atoms with E-state index in [1.807, 2.05) is 28.0 Å². The molecule has 0 bridgehead atoms. The van der Waals surface area contributed by atoms with Crippen molar-refractivity contribution in [2.75, 3.05) is 33.4 Å². The first-order valence-corrected chi connectivity index (χ1v) is 11.6. The Bertz CT molecular complexity index is 1230. The Kier molecular flexibility index (Phi) is 5.81. The van der Waals surface area contributed by atoms with Gasteiger partial charge in [0.2, 0.25) is 5.91 Å². The number of aromatic nitrogens is 1. The molecule has 3 aromatic rings. The van der Waals surface area contributed by atoms with Crippen LogP contribution in [0.5, 0.6) is 5.75 Å². The standard InChI is InChI=1S/C26H29F2N3O3/c1-16(33)30-9-7-26(8-10-30)15-31(13-17-11-18(27)3-6-21(17)28)23(14-32)25-24(26)20-5-4-19(34-2)12-22(20)29-25/h3-6,11-12,23,29,32H,7-10,13-15H2,1-2H3/t23-/m1/s1. The summed E-state index contributed by atoms with van der Waals surface area (Å²) in [6.07, 6.45) is 1.50. The molecule has 0 aliphatic carbocycles. The van der Waals surface area contributed by atoms with Crippen molar-refractivity contribution in [2.24, 2.45) is 0 Å². The molecule has 1 amide bonds. The predicted molar refractivity (Wildman–Crippen MR) is 125 cm³/mol. The highest BCUT2D eigenvalue weighted by molar-refractivity contribution is 5.88. The predicted octanol–water partition coefficient (Wildman–Crippen LogP) is 3.88. The second kappa shape index (κ2) is 8.67. The Morgan fingerprint density at radius 3 is 2.65 bits per heavy atom. The second-order valence-electron chi connectivity index (χ2n) is 9.45. The van der Waals surface area contributed by atoms with Crippen LogP contribution >= 0.6 is 0 Å². The lowest BCUT2D eigenvalue weighted by molar-refractivity contribution is -0.130. The lowest BCUT2D eigenvalue weighted by Crippen LogP contribution is -2.54. The van der Waals surface area contributed by atoms with E-state index in [4.69, 9.17) is 4.74 Å². The van der Waals surface area contributed by atoms with Gasteiger partial charge in [-0.1, -0.05) is 0 Å². The molecule has 1 atom stereocenters. The van der Waals surface area contributed by atoms with E-state index in [9.17, 15) is 18.7 Å². The number of nitrogens with one attached hydrogen (secondary N) is 1. The van der Waals surface area contributed by atoms with Crippen LogP contribution in [0.15, 0.2) is 36.4 Å². The smallest absolute Gasteiger partial charge is 0.219 e. The third-order valence-corrected chi connectivity index (χ3v) is 7.56. The third-order valence-electron chi connectivity index (χ3n) is 7.56. The number of nitrogens with zero attached hydrogens (tertiary/aromatic N) is 2. The summed E-state index contributed by atoms with van der Waals surface area (Å²) in [5, 5.41) is 11.5. The summed E-state index contributed by atoms with van der Waals surface area (Å²) in [5.41, 5.74) is 2.93. The molecule has 3 heterocycles. The molecule has 2 aliphatic heterocycles. The highest BCUT2D eigenvalue weighted by atomic mass is 19.1. The summed E-state index contributed by atoms with van der Waals surface area (Å²) in [4.78, 5) is 19.4. The fraction of sp³-hybridized carbons (Fsp3) is 0.423. The summed E-state index contributed by atoms with van der Waals surface area (Å²) in [6, 6.07) is 8.99. The number of ether oxygens (including phenoxy) is 1. The Hall–Kier alpha value is -2.97. The number of aliphatic hydroxyl groups excluding tert-OH is 1. The quantitative estimate of drug-likeness (QED) is 0.609. The van der Waals surface area contributed by atoms with E-state index in [0.717, 1.165) is 52.9 Å². The molecule has 6 nitrogen and oxygen atoms in total. The van der Waals surface area contributed by atoms with Crippen LogP contribution in [0, 0.1) is 11.6 Å². The number of methoxy groups -OCH3 is 1. The number of aromatic amines is 1. The molecule has 5 rings (SSSR count). The molecule has 180 valence electrons. The van der Waals surface area contributed by atoms with Gasteiger partial charge in [0.1, 0.15) is 17.4 Å². The first-order chi connectivity index (χ1) is 16.3. The second-order valence-corrected chi connectivity index (χ2v) is 9.45. The number of aliphatic hydroxyl groups is 1. The molecule has 2 aliphatic rings. The number of piperidine rings is 1. The number of hydrogen-bond acceptors (Lipinski definition) is 4. The number of rotatable bonds is 4. The van der Waals surface area contributed by atoms with E-state index < -0.39 is 17.7 Å². The first-order valence-electron chi connectivity index (χ1n) is 11.6. The van der Waals surface area contributed by atoms with Crippen LogP contribution in [0.25, 0.3) is 10.9 Å². The fourth-order valence-corrected chi connectivity index (χ4v) is 5.82. The van der Waals surface area contributed by atoms with Crippen LogP contribution in [-0.4, -0.2) is 59.1 Å². The van der Waals surface area contributed by atoms with Gasteiger partial charge in [0.15, 0.2) is 0 Å². The van der Waals surface area contributed by atoms with Gasteiger partial charge in [0, 0.05) is 66.7 Å². The van der Waals surface area contributed by atoms with E-state index in [0.29, 0.717) is 19.6 Å². The number of hydrogen-bond donors (Lipinski definition) is 2. The summed E-state index contributed by atoms with van der Waals surface area (Å²) < 4.78 is 33.9. The van der Waals surface area contributed by atoms with Crippen molar-refractivity contribution in [3.63, 3.8) is 0 Å². The molecule has 0 radical (unpaired) electrons. The average Bonchev–Trinajstić information content (AvgIpc) is 3.21. The van der Waals surface area contributed by atoms with Crippen LogP contribution in [0.3, 0.4) is 0 Å². The van der Waals surface area contributed by atoms with Crippen LogP contribution in [-0.2, 0) is 16.8 Å². The zero-order chi connectivity index (χ0) is 24.0. The Balaban J connectivity index is 1.62. The zero-order valence-corrected chi connectivity index (χ0v) is 19.4. The van der Waals surface area contributed by atoms with Gasteiger partial charge in [0.25, 0.3) is 0 Å². The minimum absolute atomic E-state index is 0.0569. The molecular weight excluding hydrogens is 440 g/mol. The zero-order valence-electron chi connectivity index (χ0n) is 19.4. The van der Waals surface area contributed by atoms with E-state index in [-0.39, 0.29) is 30.0 Å². The van der Waals surface area contributed by atoms with E-state index >= 15 is 0 Å². The molecule has 0 unspecified atom stereocenters. The largest absolute Gasteiger partial charge is 0.497 e. The summed E-state index contributed by atoms with van der Waals surface area (Å²) >= 11 is 0. The average molecular weight is 470 g/mol. The number of fused-ring (bicyclic) bond motifs is 4. The van der Waals surface area contributed by atoms with Crippen molar-refractivity contribution in [3.8, 4) is 5.75 Å². The van der Waals surface area contributed by atoms with Gasteiger partial charge >= 0.3 is 0 Å². The van der Waals surface area contributed by atoms with Gasteiger partial charge in [0.05, 0.1) is 19.8 Å². The number of carbonyl (C=O) groups excluding carboxylic acids is 1. The summed E-state index contributed by atoms with van der Waals surface area (Å²) in [6.45, 7) is 3.43. The molecule has 2 N–H and O–H groups in total. The maximum absolute atomic E-state index is 14.6. The monoisotopic (exact) mass is 469 g/mol. The van der Waals surface area contributed by atoms with Gasteiger partial charge in [-0.15, -0.1) is 0 Å². The maximum atomic E-state index is 14.6. The number of benzene rings is 2. The molecular formula is C26H29F2N3O3. The molecule has 34 heavy (non-hydrogen) atoms. The van der Waals surface area contributed by atoms with E-state index in [2.05, 4.69) is 4.98 Å². The molecule has 8 heteroatoms. The Labute approximate surface area is 197 Å². The van der Waals surface area contributed by atoms with Gasteiger partial charge in [-0.2, -0.15) is 0 Å². The van der Waals surface area contributed by atoms with Gasteiger partial charge in [-0.3, -0.25) is 9.69 Å². The minimum Gasteiger partial charge on any atom is -0.497 e.